The Balaban J connectivity index is 1.22. The van der Waals surface area contributed by atoms with Gasteiger partial charge in [0, 0.05) is 38.3 Å². The third-order valence-corrected chi connectivity index (χ3v) is 7.50. The number of benzene rings is 2. The Morgan fingerprint density at radius 3 is 2.81 bits per heavy atom. The SMILES string of the molecule is O=C(NCc1ccccc1)N1CCCC2CN3CCc4cc5c(cc4C3CC21)OCO5. The first kappa shape index (κ1) is 19.0. The fourth-order valence-corrected chi connectivity index (χ4v) is 5.96. The largest absolute Gasteiger partial charge is 0.454 e. The number of urea groups is 1. The summed E-state index contributed by atoms with van der Waals surface area (Å²) in [5, 5.41) is 3.16. The number of carbonyl (C=O) groups is 1. The number of nitrogens with zero attached hydrogens (tertiary/aromatic N) is 2. The van der Waals surface area contributed by atoms with E-state index in [1.165, 1.54) is 17.5 Å². The lowest BCUT2D eigenvalue weighted by Crippen LogP contribution is -2.59. The molecule has 4 aliphatic rings. The second kappa shape index (κ2) is 7.75. The van der Waals surface area contributed by atoms with Crippen LogP contribution in [0.1, 0.15) is 42.0 Å². The normalized spacial score (nSPS) is 26.6. The molecule has 2 saturated heterocycles. The van der Waals surface area contributed by atoms with Crippen molar-refractivity contribution in [3.05, 3.63) is 59.2 Å². The highest BCUT2D eigenvalue weighted by Crippen LogP contribution is 2.46. The first-order valence-electron chi connectivity index (χ1n) is 11.5. The summed E-state index contributed by atoms with van der Waals surface area (Å²) in [6.45, 7) is 3.90. The molecule has 6 heteroatoms. The predicted molar refractivity (Wildman–Crippen MR) is 117 cm³/mol. The Bertz CT molecular complexity index is 979. The van der Waals surface area contributed by atoms with Crippen molar-refractivity contribution < 1.29 is 14.3 Å². The number of nitrogens with one attached hydrogen (secondary N) is 1. The number of carbonyl (C=O) groups excluding carboxylic acids is 1. The predicted octanol–water partition coefficient (Wildman–Crippen LogP) is 3.71. The van der Waals surface area contributed by atoms with E-state index < -0.39 is 0 Å². The summed E-state index contributed by atoms with van der Waals surface area (Å²) in [6, 6.07) is 15.2. The number of piperidine rings is 2. The second-order valence-corrected chi connectivity index (χ2v) is 9.21. The van der Waals surface area contributed by atoms with Gasteiger partial charge in [-0.1, -0.05) is 30.3 Å². The minimum absolute atomic E-state index is 0.0775. The average Bonchev–Trinajstić information content (AvgIpc) is 3.27. The van der Waals surface area contributed by atoms with Crippen LogP contribution < -0.4 is 14.8 Å². The van der Waals surface area contributed by atoms with E-state index in [0.717, 1.165) is 56.0 Å². The first-order chi connectivity index (χ1) is 15.3. The Kier molecular flexibility index (Phi) is 4.75. The van der Waals surface area contributed by atoms with Gasteiger partial charge in [0.05, 0.1) is 0 Å². The Labute approximate surface area is 183 Å². The van der Waals surface area contributed by atoms with Crippen LogP contribution >= 0.6 is 0 Å². The quantitative estimate of drug-likeness (QED) is 0.806. The van der Waals surface area contributed by atoms with Gasteiger partial charge in [-0.15, -0.1) is 0 Å². The summed E-state index contributed by atoms with van der Waals surface area (Å²) in [7, 11) is 0. The third-order valence-electron chi connectivity index (χ3n) is 7.50. The molecule has 3 unspecified atom stereocenters. The number of likely N-dealkylation sites (tertiary alicyclic amines) is 1. The van der Waals surface area contributed by atoms with E-state index in [2.05, 4.69) is 39.4 Å². The fraction of sp³-hybridized carbons (Fsp3) is 0.480. The maximum Gasteiger partial charge on any atom is 0.317 e. The van der Waals surface area contributed by atoms with Crippen molar-refractivity contribution in [3.8, 4) is 11.5 Å². The molecule has 4 aliphatic heterocycles. The average molecular weight is 420 g/mol. The van der Waals surface area contributed by atoms with E-state index in [1.807, 2.05) is 18.2 Å². The van der Waals surface area contributed by atoms with Gasteiger partial charge in [-0.3, -0.25) is 4.90 Å². The molecule has 6 rings (SSSR count). The van der Waals surface area contributed by atoms with Crippen molar-refractivity contribution in [2.45, 2.75) is 44.3 Å². The van der Waals surface area contributed by atoms with Gasteiger partial charge in [0.1, 0.15) is 0 Å². The summed E-state index contributed by atoms with van der Waals surface area (Å²) in [4.78, 5) is 17.9. The summed E-state index contributed by atoms with van der Waals surface area (Å²) < 4.78 is 11.3. The van der Waals surface area contributed by atoms with Crippen LogP contribution in [-0.2, 0) is 13.0 Å². The van der Waals surface area contributed by atoms with Crippen molar-refractivity contribution in [1.29, 1.82) is 0 Å². The van der Waals surface area contributed by atoms with Crippen molar-refractivity contribution in [2.75, 3.05) is 26.4 Å². The molecule has 31 heavy (non-hydrogen) atoms. The standard InChI is InChI=1S/C25H29N3O3/c29-25(26-14-17-5-2-1-3-6-17)28-9-4-7-19-15-27-10-8-18-11-23-24(31-16-30-23)12-20(18)22(27)13-21(19)28/h1-3,5-6,11-12,19,21-22H,4,7-10,13-16H2,(H,26,29). The van der Waals surface area contributed by atoms with Gasteiger partial charge >= 0.3 is 6.03 Å². The van der Waals surface area contributed by atoms with Crippen LogP contribution in [-0.4, -0.2) is 48.3 Å². The Hall–Kier alpha value is -2.73. The molecule has 162 valence electrons. The first-order valence-corrected chi connectivity index (χ1v) is 11.5. The van der Waals surface area contributed by atoms with Crippen molar-refractivity contribution >= 4 is 6.03 Å². The molecule has 2 aromatic rings. The van der Waals surface area contributed by atoms with E-state index in [9.17, 15) is 4.79 Å². The van der Waals surface area contributed by atoms with E-state index in [1.54, 1.807) is 0 Å². The molecule has 3 atom stereocenters. The van der Waals surface area contributed by atoms with Crippen LogP contribution in [0.25, 0.3) is 0 Å². The van der Waals surface area contributed by atoms with Gasteiger partial charge in [-0.25, -0.2) is 4.79 Å². The zero-order valence-electron chi connectivity index (χ0n) is 17.8. The van der Waals surface area contributed by atoms with Crippen LogP contribution in [0.15, 0.2) is 42.5 Å². The lowest BCUT2D eigenvalue weighted by molar-refractivity contribution is 0.00562. The van der Waals surface area contributed by atoms with E-state index in [4.69, 9.17) is 9.47 Å². The highest BCUT2D eigenvalue weighted by atomic mass is 16.7. The molecule has 0 radical (unpaired) electrons. The zero-order valence-corrected chi connectivity index (χ0v) is 17.8. The van der Waals surface area contributed by atoms with Crippen molar-refractivity contribution in [3.63, 3.8) is 0 Å². The summed E-state index contributed by atoms with van der Waals surface area (Å²) in [6.07, 6.45) is 4.36. The van der Waals surface area contributed by atoms with Gasteiger partial charge in [0.2, 0.25) is 6.79 Å². The molecule has 1 N–H and O–H groups in total. The molecule has 2 amide bonds. The van der Waals surface area contributed by atoms with E-state index in [-0.39, 0.29) is 6.03 Å². The maximum absolute atomic E-state index is 13.1. The third kappa shape index (κ3) is 3.43. The van der Waals surface area contributed by atoms with Gasteiger partial charge in [0.15, 0.2) is 11.5 Å². The van der Waals surface area contributed by atoms with Crippen molar-refractivity contribution in [1.82, 2.24) is 15.1 Å². The van der Waals surface area contributed by atoms with Crippen LogP contribution in [0.4, 0.5) is 4.79 Å². The molecule has 0 aromatic heterocycles. The van der Waals surface area contributed by atoms with Gasteiger partial charge in [0.25, 0.3) is 0 Å². The smallest absolute Gasteiger partial charge is 0.317 e. The molecule has 2 aromatic carbocycles. The topological polar surface area (TPSA) is 54.0 Å². The molecule has 0 saturated carbocycles. The maximum atomic E-state index is 13.1. The molecule has 0 spiro atoms. The Morgan fingerprint density at radius 1 is 1.10 bits per heavy atom. The highest BCUT2D eigenvalue weighted by molar-refractivity contribution is 5.74. The number of rotatable bonds is 2. The molecular formula is C25H29N3O3. The van der Waals surface area contributed by atoms with Gasteiger partial charge < -0.3 is 19.7 Å². The second-order valence-electron chi connectivity index (χ2n) is 9.21. The minimum atomic E-state index is 0.0775. The highest BCUT2D eigenvalue weighted by Gasteiger charge is 2.44. The molecule has 4 heterocycles. The van der Waals surface area contributed by atoms with Crippen molar-refractivity contribution in [2.24, 2.45) is 5.92 Å². The number of amides is 2. The van der Waals surface area contributed by atoms with Gasteiger partial charge in [-0.05, 0) is 60.4 Å². The fourth-order valence-electron chi connectivity index (χ4n) is 5.96. The minimum Gasteiger partial charge on any atom is -0.454 e. The van der Waals surface area contributed by atoms with E-state index in [0.29, 0.717) is 31.3 Å². The summed E-state index contributed by atoms with van der Waals surface area (Å²) in [5.41, 5.74) is 3.88. The number of hydrogen-bond donors (Lipinski definition) is 1. The number of ether oxygens (including phenoxy) is 2. The summed E-state index contributed by atoms with van der Waals surface area (Å²) in [5.74, 6) is 2.30. The molecule has 6 nitrogen and oxygen atoms in total. The monoisotopic (exact) mass is 419 g/mol. The lowest BCUT2D eigenvalue weighted by Gasteiger charge is -2.52. The lowest BCUT2D eigenvalue weighted by atomic mass is 9.76. The molecule has 0 bridgehead atoms. The molecule has 0 aliphatic carbocycles. The summed E-state index contributed by atoms with van der Waals surface area (Å²) >= 11 is 0. The molecule has 2 fully saturated rings. The number of fused-ring (bicyclic) bond motifs is 5. The number of hydrogen-bond acceptors (Lipinski definition) is 4. The van der Waals surface area contributed by atoms with Crippen LogP contribution in [0.5, 0.6) is 11.5 Å². The van der Waals surface area contributed by atoms with Crippen LogP contribution in [0.2, 0.25) is 0 Å². The van der Waals surface area contributed by atoms with Crippen LogP contribution in [0, 0.1) is 5.92 Å². The van der Waals surface area contributed by atoms with Gasteiger partial charge in [-0.2, -0.15) is 0 Å². The Morgan fingerprint density at radius 2 is 1.94 bits per heavy atom. The van der Waals surface area contributed by atoms with E-state index >= 15 is 0 Å². The van der Waals surface area contributed by atoms with Crippen LogP contribution in [0.3, 0.4) is 0 Å². The molecular weight excluding hydrogens is 390 g/mol. The zero-order chi connectivity index (χ0) is 20.8.